The number of nitrogens with one attached hydrogen (secondary N) is 1. The number of methoxy groups -OCH3 is 3. The maximum absolute atomic E-state index is 11.7. The molecular weight excluding hydrogens is 258 g/mol. The molecule has 0 saturated carbocycles. The highest BCUT2D eigenvalue weighted by atomic mass is 16.5. The smallest absolute Gasteiger partial charge is 0.220 e. The third-order valence-electron chi connectivity index (χ3n) is 2.87. The van der Waals surface area contributed by atoms with Gasteiger partial charge in [0.15, 0.2) is 0 Å². The second-order valence-electron chi connectivity index (χ2n) is 4.89. The standard InChI is InChI=1S/C15H23NO4/c1-10(2)6-15(17)16-9-12-13(19-4)7-11(18-3)8-14(12)20-5/h7-8,10H,6,9H2,1-5H3,(H,16,17). The average molecular weight is 281 g/mol. The molecule has 1 aromatic carbocycles. The minimum absolute atomic E-state index is 0.0138. The number of rotatable bonds is 7. The highest BCUT2D eigenvalue weighted by Gasteiger charge is 2.14. The molecule has 0 fully saturated rings. The summed E-state index contributed by atoms with van der Waals surface area (Å²) in [5.41, 5.74) is 0.799. The second kappa shape index (κ2) is 7.62. The van der Waals surface area contributed by atoms with E-state index in [9.17, 15) is 4.79 Å². The van der Waals surface area contributed by atoms with Crippen LogP contribution in [0.15, 0.2) is 12.1 Å². The van der Waals surface area contributed by atoms with Crippen LogP contribution in [0.3, 0.4) is 0 Å². The topological polar surface area (TPSA) is 56.8 Å². The second-order valence-corrected chi connectivity index (χ2v) is 4.89. The first-order valence-electron chi connectivity index (χ1n) is 6.57. The van der Waals surface area contributed by atoms with Gasteiger partial charge in [-0.2, -0.15) is 0 Å². The lowest BCUT2D eigenvalue weighted by molar-refractivity contribution is -0.121. The van der Waals surface area contributed by atoms with Crippen molar-refractivity contribution in [2.75, 3.05) is 21.3 Å². The van der Waals surface area contributed by atoms with E-state index >= 15 is 0 Å². The molecule has 0 aromatic heterocycles. The third-order valence-corrected chi connectivity index (χ3v) is 2.87. The van der Waals surface area contributed by atoms with Gasteiger partial charge in [0.2, 0.25) is 5.91 Å². The minimum Gasteiger partial charge on any atom is -0.496 e. The molecule has 1 aromatic rings. The fourth-order valence-electron chi connectivity index (χ4n) is 1.88. The molecule has 20 heavy (non-hydrogen) atoms. The van der Waals surface area contributed by atoms with Crippen molar-refractivity contribution in [1.29, 1.82) is 0 Å². The summed E-state index contributed by atoms with van der Waals surface area (Å²) in [5.74, 6) is 2.25. The predicted octanol–water partition coefficient (Wildman–Crippen LogP) is 2.37. The van der Waals surface area contributed by atoms with Gasteiger partial charge in [0.25, 0.3) is 0 Å². The summed E-state index contributed by atoms with van der Waals surface area (Å²) >= 11 is 0. The van der Waals surface area contributed by atoms with Crippen LogP contribution in [0.4, 0.5) is 0 Å². The van der Waals surface area contributed by atoms with E-state index in [1.54, 1.807) is 33.5 Å². The minimum atomic E-state index is 0.0138. The molecule has 0 heterocycles. The van der Waals surface area contributed by atoms with Crippen LogP contribution in [-0.4, -0.2) is 27.2 Å². The summed E-state index contributed by atoms with van der Waals surface area (Å²) in [6.07, 6.45) is 0.501. The Hall–Kier alpha value is -1.91. The summed E-state index contributed by atoms with van der Waals surface area (Å²) in [6, 6.07) is 3.54. The third kappa shape index (κ3) is 4.33. The van der Waals surface area contributed by atoms with Crippen LogP contribution in [0.1, 0.15) is 25.8 Å². The SMILES string of the molecule is COc1cc(OC)c(CNC(=O)CC(C)C)c(OC)c1. The Balaban J connectivity index is 2.90. The largest absolute Gasteiger partial charge is 0.496 e. The Labute approximate surface area is 120 Å². The van der Waals surface area contributed by atoms with Crippen molar-refractivity contribution in [2.45, 2.75) is 26.8 Å². The molecule has 0 aliphatic rings. The van der Waals surface area contributed by atoms with Gasteiger partial charge in [0, 0.05) is 18.6 Å². The Morgan fingerprint density at radius 2 is 1.65 bits per heavy atom. The highest BCUT2D eigenvalue weighted by Crippen LogP contribution is 2.33. The van der Waals surface area contributed by atoms with Crippen LogP contribution in [0.2, 0.25) is 0 Å². The fourth-order valence-corrected chi connectivity index (χ4v) is 1.88. The van der Waals surface area contributed by atoms with Crippen LogP contribution < -0.4 is 19.5 Å². The summed E-state index contributed by atoms with van der Waals surface area (Å²) < 4.78 is 15.8. The first kappa shape index (κ1) is 16.1. The molecule has 0 radical (unpaired) electrons. The first-order chi connectivity index (χ1) is 9.51. The molecule has 112 valence electrons. The van der Waals surface area contributed by atoms with Crippen LogP contribution in [0, 0.1) is 5.92 Å². The first-order valence-corrected chi connectivity index (χ1v) is 6.57. The lowest BCUT2D eigenvalue weighted by Crippen LogP contribution is -2.24. The molecule has 0 saturated heterocycles. The number of amides is 1. The normalized spacial score (nSPS) is 10.3. The van der Waals surface area contributed by atoms with Gasteiger partial charge in [0.05, 0.1) is 33.4 Å². The van der Waals surface area contributed by atoms with Crippen molar-refractivity contribution < 1.29 is 19.0 Å². The molecule has 0 aliphatic carbocycles. The Morgan fingerprint density at radius 3 is 2.05 bits per heavy atom. The van der Waals surface area contributed by atoms with E-state index in [0.717, 1.165) is 5.56 Å². The Morgan fingerprint density at radius 1 is 1.10 bits per heavy atom. The zero-order chi connectivity index (χ0) is 15.1. The number of hydrogen-bond donors (Lipinski definition) is 1. The molecule has 0 atom stereocenters. The van der Waals surface area contributed by atoms with Crippen LogP contribution in [0.5, 0.6) is 17.2 Å². The van der Waals surface area contributed by atoms with Crippen molar-refractivity contribution in [3.8, 4) is 17.2 Å². The number of carbonyl (C=O) groups is 1. The highest BCUT2D eigenvalue weighted by molar-refractivity contribution is 5.76. The number of carbonyl (C=O) groups excluding carboxylic acids is 1. The molecule has 5 nitrogen and oxygen atoms in total. The Kier molecular flexibility index (Phi) is 6.15. The summed E-state index contributed by atoms with van der Waals surface area (Å²) in [4.78, 5) is 11.7. The average Bonchev–Trinajstić information content (AvgIpc) is 2.43. The van der Waals surface area contributed by atoms with E-state index < -0.39 is 0 Å². The van der Waals surface area contributed by atoms with Gasteiger partial charge in [-0.1, -0.05) is 13.8 Å². The zero-order valence-corrected chi connectivity index (χ0v) is 12.8. The van der Waals surface area contributed by atoms with E-state index in [1.165, 1.54) is 0 Å². The summed E-state index contributed by atoms with van der Waals surface area (Å²) in [5, 5.41) is 2.88. The summed E-state index contributed by atoms with van der Waals surface area (Å²) in [7, 11) is 4.74. The van der Waals surface area contributed by atoms with E-state index in [0.29, 0.717) is 36.1 Å². The molecule has 0 unspecified atom stereocenters. The van der Waals surface area contributed by atoms with Crippen molar-refractivity contribution in [3.05, 3.63) is 17.7 Å². The van der Waals surface area contributed by atoms with Gasteiger partial charge in [-0.25, -0.2) is 0 Å². The fraction of sp³-hybridized carbons (Fsp3) is 0.533. The zero-order valence-electron chi connectivity index (χ0n) is 12.8. The molecule has 0 aliphatic heterocycles. The maximum atomic E-state index is 11.7. The molecule has 1 N–H and O–H groups in total. The molecular formula is C15H23NO4. The molecule has 0 bridgehead atoms. The number of benzene rings is 1. The van der Waals surface area contributed by atoms with E-state index in [2.05, 4.69) is 5.32 Å². The van der Waals surface area contributed by atoms with Gasteiger partial charge in [0.1, 0.15) is 17.2 Å². The molecule has 1 rings (SSSR count). The molecule has 1 amide bonds. The summed E-state index contributed by atoms with van der Waals surface area (Å²) in [6.45, 7) is 4.38. The number of ether oxygens (including phenoxy) is 3. The monoisotopic (exact) mass is 281 g/mol. The van der Waals surface area contributed by atoms with Gasteiger partial charge >= 0.3 is 0 Å². The quantitative estimate of drug-likeness (QED) is 0.833. The number of hydrogen-bond acceptors (Lipinski definition) is 4. The lowest BCUT2D eigenvalue weighted by atomic mass is 10.1. The van der Waals surface area contributed by atoms with Crippen LogP contribution >= 0.6 is 0 Å². The van der Waals surface area contributed by atoms with E-state index in [1.807, 2.05) is 13.8 Å². The lowest BCUT2D eigenvalue weighted by Gasteiger charge is -2.16. The maximum Gasteiger partial charge on any atom is 0.220 e. The van der Waals surface area contributed by atoms with E-state index in [-0.39, 0.29) is 5.91 Å². The van der Waals surface area contributed by atoms with E-state index in [4.69, 9.17) is 14.2 Å². The Bertz CT molecular complexity index is 432. The van der Waals surface area contributed by atoms with Gasteiger partial charge in [-0.15, -0.1) is 0 Å². The van der Waals surface area contributed by atoms with Crippen LogP contribution in [-0.2, 0) is 11.3 Å². The van der Waals surface area contributed by atoms with Gasteiger partial charge in [-0.05, 0) is 5.92 Å². The van der Waals surface area contributed by atoms with Crippen molar-refractivity contribution in [1.82, 2.24) is 5.32 Å². The van der Waals surface area contributed by atoms with Crippen molar-refractivity contribution in [2.24, 2.45) is 5.92 Å². The van der Waals surface area contributed by atoms with Gasteiger partial charge in [-0.3, -0.25) is 4.79 Å². The predicted molar refractivity (Wildman–Crippen MR) is 77.4 cm³/mol. The molecule has 5 heteroatoms. The molecule has 0 spiro atoms. The van der Waals surface area contributed by atoms with Crippen molar-refractivity contribution >= 4 is 5.91 Å². The van der Waals surface area contributed by atoms with Crippen molar-refractivity contribution in [3.63, 3.8) is 0 Å². The van der Waals surface area contributed by atoms with Gasteiger partial charge < -0.3 is 19.5 Å². The van der Waals surface area contributed by atoms with Crippen LogP contribution in [0.25, 0.3) is 0 Å².